The third-order valence-electron chi connectivity index (χ3n) is 4.31. The third kappa shape index (κ3) is 2.84. The second-order valence-corrected chi connectivity index (χ2v) is 5.99. The maximum atomic E-state index is 13.7. The molecule has 1 aromatic heterocycles. The Balaban J connectivity index is 1.59. The Bertz CT molecular complexity index is 1100. The van der Waals surface area contributed by atoms with E-state index in [1.165, 1.54) is 12.1 Å². The smallest absolute Gasteiger partial charge is 0.258 e. The van der Waals surface area contributed by atoms with Gasteiger partial charge < -0.3 is 9.88 Å². The van der Waals surface area contributed by atoms with Crippen molar-refractivity contribution in [1.82, 2.24) is 9.55 Å². The molecule has 0 saturated heterocycles. The van der Waals surface area contributed by atoms with Gasteiger partial charge in [0, 0.05) is 18.3 Å². The fraction of sp³-hybridized carbons (Fsp3) is 0.0476. The van der Waals surface area contributed by atoms with E-state index in [-0.39, 0.29) is 5.56 Å². The Kier molecular flexibility index (Phi) is 3.97. The number of carbonyl (C=O) groups is 1. The van der Waals surface area contributed by atoms with E-state index >= 15 is 0 Å². The Labute approximate surface area is 149 Å². The lowest BCUT2D eigenvalue weighted by molar-refractivity contribution is 0.102. The number of hydrogen-bond donors (Lipinski definition) is 1. The van der Waals surface area contributed by atoms with Crippen LogP contribution in [0.4, 0.5) is 10.1 Å². The van der Waals surface area contributed by atoms with E-state index in [1.807, 2.05) is 48.0 Å². The minimum absolute atomic E-state index is 0.0203. The molecule has 0 fully saturated rings. The van der Waals surface area contributed by atoms with E-state index in [4.69, 9.17) is 0 Å². The summed E-state index contributed by atoms with van der Waals surface area (Å²) in [6.07, 6.45) is 0. The summed E-state index contributed by atoms with van der Waals surface area (Å²) in [5.41, 5.74) is 3.54. The van der Waals surface area contributed by atoms with Crippen molar-refractivity contribution in [2.45, 2.75) is 0 Å². The number of rotatable bonds is 3. The van der Waals surface area contributed by atoms with Crippen molar-refractivity contribution in [2.24, 2.45) is 7.05 Å². The molecule has 1 heterocycles. The number of amides is 1. The fourth-order valence-corrected chi connectivity index (χ4v) is 2.95. The first-order valence-electron chi connectivity index (χ1n) is 8.21. The minimum Gasteiger partial charge on any atom is -0.327 e. The molecule has 0 atom stereocenters. The first-order valence-corrected chi connectivity index (χ1v) is 8.21. The van der Waals surface area contributed by atoms with E-state index in [1.54, 1.807) is 24.3 Å². The number of para-hydroxylation sites is 2. The SMILES string of the molecule is Cn1c(-c2ccc(NC(=O)c3ccccc3F)cc2)nc2ccccc21. The van der Waals surface area contributed by atoms with Gasteiger partial charge in [0.1, 0.15) is 11.6 Å². The molecule has 0 aliphatic carbocycles. The number of carbonyl (C=O) groups excluding carboxylic acids is 1. The average molecular weight is 345 g/mol. The molecule has 5 heteroatoms. The number of halogens is 1. The van der Waals surface area contributed by atoms with Crippen LogP contribution in [-0.4, -0.2) is 15.5 Å². The van der Waals surface area contributed by atoms with Crippen molar-refractivity contribution < 1.29 is 9.18 Å². The minimum atomic E-state index is -0.540. The Morgan fingerprint density at radius 1 is 0.962 bits per heavy atom. The van der Waals surface area contributed by atoms with Gasteiger partial charge in [-0.15, -0.1) is 0 Å². The highest BCUT2D eigenvalue weighted by atomic mass is 19.1. The lowest BCUT2D eigenvalue weighted by Gasteiger charge is -2.07. The van der Waals surface area contributed by atoms with Gasteiger partial charge in [0.25, 0.3) is 5.91 Å². The Morgan fingerprint density at radius 3 is 2.38 bits per heavy atom. The number of fused-ring (bicyclic) bond motifs is 1. The average Bonchev–Trinajstić information content (AvgIpc) is 3.00. The van der Waals surface area contributed by atoms with Crippen molar-refractivity contribution in [1.29, 1.82) is 0 Å². The number of aryl methyl sites for hydroxylation is 1. The molecular formula is C21H16FN3O. The van der Waals surface area contributed by atoms with Gasteiger partial charge in [-0.1, -0.05) is 24.3 Å². The number of benzene rings is 3. The summed E-state index contributed by atoms with van der Waals surface area (Å²) in [6, 6.07) is 21.2. The van der Waals surface area contributed by atoms with Crippen LogP contribution >= 0.6 is 0 Å². The summed E-state index contributed by atoms with van der Waals surface area (Å²) in [6.45, 7) is 0. The van der Waals surface area contributed by atoms with Crippen LogP contribution in [0.1, 0.15) is 10.4 Å². The molecule has 128 valence electrons. The van der Waals surface area contributed by atoms with E-state index in [9.17, 15) is 9.18 Å². The van der Waals surface area contributed by atoms with Gasteiger partial charge in [0.15, 0.2) is 0 Å². The molecule has 26 heavy (non-hydrogen) atoms. The molecule has 0 saturated carbocycles. The predicted octanol–water partition coefficient (Wildman–Crippen LogP) is 4.63. The van der Waals surface area contributed by atoms with Gasteiger partial charge >= 0.3 is 0 Å². The second kappa shape index (κ2) is 6.44. The zero-order chi connectivity index (χ0) is 18.1. The molecule has 4 aromatic rings. The third-order valence-corrected chi connectivity index (χ3v) is 4.31. The summed E-state index contributed by atoms with van der Waals surface area (Å²) in [7, 11) is 1.97. The summed E-state index contributed by atoms with van der Waals surface area (Å²) >= 11 is 0. The zero-order valence-corrected chi connectivity index (χ0v) is 14.1. The van der Waals surface area contributed by atoms with Crippen molar-refractivity contribution in [3.8, 4) is 11.4 Å². The van der Waals surface area contributed by atoms with Crippen LogP contribution in [0.3, 0.4) is 0 Å². The number of nitrogens with one attached hydrogen (secondary N) is 1. The van der Waals surface area contributed by atoms with Gasteiger partial charge in [0.2, 0.25) is 0 Å². The van der Waals surface area contributed by atoms with E-state index < -0.39 is 11.7 Å². The van der Waals surface area contributed by atoms with Crippen molar-refractivity contribution in [3.05, 3.63) is 84.2 Å². The standard InChI is InChI=1S/C21H16FN3O/c1-25-19-9-5-4-8-18(19)24-20(25)14-10-12-15(13-11-14)23-21(26)16-6-2-3-7-17(16)22/h2-13H,1H3,(H,23,26). The van der Waals surface area contributed by atoms with Crippen LogP contribution < -0.4 is 5.32 Å². The quantitative estimate of drug-likeness (QED) is 0.588. The van der Waals surface area contributed by atoms with Gasteiger partial charge in [0.05, 0.1) is 16.6 Å². The molecule has 0 unspecified atom stereocenters. The number of aromatic nitrogens is 2. The van der Waals surface area contributed by atoms with E-state index in [2.05, 4.69) is 10.3 Å². The molecule has 1 N–H and O–H groups in total. The first-order chi connectivity index (χ1) is 12.6. The summed E-state index contributed by atoms with van der Waals surface area (Å²) < 4.78 is 15.7. The van der Waals surface area contributed by atoms with Gasteiger partial charge in [-0.05, 0) is 48.5 Å². The highest BCUT2D eigenvalue weighted by Crippen LogP contribution is 2.25. The maximum Gasteiger partial charge on any atom is 0.258 e. The highest BCUT2D eigenvalue weighted by molar-refractivity contribution is 6.04. The fourth-order valence-electron chi connectivity index (χ4n) is 2.95. The van der Waals surface area contributed by atoms with Crippen molar-refractivity contribution in [3.63, 3.8) is 0 Å². The van der Waals surface area contributed by atoms with Crippen molar-refractivity contribution in [2.75, 3.05) is 5.32 Å². The molecule has 4 nitrogen and oxygen atoms in total. The second-order valence-electron chi connectivity index (χ2n) is 5.99. The lowest BCUT2D eigenvalue weighted by atomic mass is 10.1. The van der Waals surface area contributed by atoms with Crippen LogP contribution in [0, 0.1) is 5.82 Å². The topological polar surface area (TPSA) is 46.9 Å². The molecule has 4 rings (SSSR count). The van der Waals surface area contributed by atoms with E-state index in [0.29, 0.717) is 5.69 Å². The van der Waals surface area contributed by atoms with Gasteiger partial charge in [-0.25, -0.2) is 9.37 Å². The zero-order valence-electron chi connectivity index (χ0n) is 14.1. The first kappa shape index (κ1) is 16.0. The molecular weight excluding hydrogens is 329 g/mol. The number of hydrogen-bond acceptors (Lipinski definition) is 2. The van der Waals surface area contributed by atoms with Crippen LogP contribution in [0.25, 0.3) is 22.4 Å². The maximum absolute atomic E-state index is 13.7. The molecule has 1 amide bonds. The largest absolute Gasteiger partial charge is 0.327 e. The molecule has 0 radical (unpaired) electrons. The van der Waals surface area contributed by atoms with Crippen LogP contribution in [-0.2, 0) is 7.05 Å². The molecule has 0 aliphatic heterocycles. The molecule has 0 aliphatic rings. The normalized spacial score (nSPS) is 10.8. The Morgan fingerprint density at radius 2 is 1.65 bits per heavy atom. The number of anilines is 1. The Hall–Kier alpha value is -3.47. The van der Waals surface area contributed by atoms with E-state index in [0.717, 1.165) is 22.4 Å². The lowest BCUT2D eigenvalue weighted by Crippen LogP contribution is -2.13. The van der Waals surface area contributed by atoms with Crippen LogP contribution in [0.15, 0.2) is 72.8 Å². The van der Waals surface area contributed by atoms with Crippen LogP contribution in [0.2, 0.25) is 0 Å². The summed E-state index contributed by atoms with van der Waals surface area (Å²) in [5.74, 6) is -0.168. The van der Waals surface area contributed by atoms with Crippen LogP contribution in [0.5, 0.6) is 0 Å². The molecule has 0 spiro atoms. The van der Waals surface area contributed by atoms with Crippen molar-refractivity contribution >= 4 is 22.6 Å². The monoisotopic (exact) mass is 345 g/mol. The summed E-state index contributed by atoms with van der Waals surface area (Å²) in [4.78, 5) is 16.9. The predicted molar refractivity (Wildman–Crippen MR) is 101 cm³/mol. The highest BCUT2D eigenvalue weighted by Gasteiger charge is 2.12. The van der Waals surface area contributed by atoms with Gasteiger partial charge in [-0.3, -0.25) is 4.79 Å². The molecule has 3 aromatic carbocycles. The number of nitrogens with zero attached hydrogens (tertiary/aromatic N) is 2. The molecule has 0 bridgehead atoms. The van der Waals surface area contributed by atoms with Gasteiger partial charge in [-0.2, -0.15) is 0 Å². The number of imidazole rings is 1. The summed E-state index contributed by atoms with van der Waals surface area (Å²) in [5, 5.41) is 2.71.